The molecule has 0 aliphatic heterocycles. The van der Waals surface area contributed by atoms with Crippen LogP contribution in [0.4, 0.5) is 5.69 Å². The molecular weight excluding hydrogens is 346 g/mol. The van der Waals surface area contributed by atoms with Crippen molar-refractivity contribution >= 4 is 22.4 Å². The van der Waals surface area contributed by atoms with Gasteiger partial charge in [0.15, 0.2) is 5.65 Å². The molecule has 1 aromatic carbocycles. The summed E-state index contributed by atoms with van der Waals surface area (Å²) in [6, 6.07) is 15.7. The first kappa shape index (κ1) is 17.3. The van der Waals surface area contributed by atoms with E-state index in [-0.39, 0.29) is 0 Å². The SMILES string of the molecule is Cc1cc2c(cc(NC3CCCCC3)c3nnc(C)n32)n1Cc1ccccc1. The number of nitrogens with one attached hydrogen (secondary N) is 1. The number of fused-ring (bicyclic) bond motifs is 3. The topological polar surface area (TPSA) is 47.1 Å². The van der Waals surface area contributed by atoms with Crippen LogP contribution in [0.5, 0.6) is 0 Å². The van der Waals surface area contributed by atoms with Crippen LogP contribution in [0.2, 0.25) is 0 Å². The fourth-order valence-electron chi connectivity index (χ4n) is 4.58. The van der Waals surface area contributed by atoms with Crippen LogP contribution in [-0.4, -0.2) is 25.2 Å². The quantitative estimate of drug-likeness (QED) is 0.542. The van der Waals surface area contributed by atoms with Gasteiger partial charge in [0.1, 0.15) is 5.82 Å². The second-order valence-corrected chi connectivity index (χ2v) is 8.07. The molecular formula is C23H27N5. The lowest BCUT2D eigenvalue weighted by Gasteiger charge is -2.24. The van der Waals surface area contributed by atoms with Crippen molar-refractivity contribution in [3.63, 3.8) is 0 Å². The molecule has 1 N–H and O–H groups in total. The van der Waals surface area contributed by atoms with E-state index in [9.17, 15) is 0 Å². The van der Waals surface area contributed by atoms with Gasteiger partial charge >= 0.3 is 0 Å². The zero-order chi connectivity index (χ0) is 19.1. The summed E-state index contributed by atoms with van der Waals surface area (Å²) in [5, 5.41) is 12.7. The average Bonchev–Trinajstić information content (AvgIpc) is 3.25. The van der Waals surface area contributed by atoms with E-state index in [0.29, 0.717) is 6.04 Å². The third-order valence-corrected chi connectivity index (χ3v) is 6.06. The maximum Gasteiger partial charge on any atom is 0.184 e. The van der Waals surface area contributed by atoms with Crippen molar-refractivity contribution < 1.29 is 0 Å². The van der Waals surface area contributed by atoms with Gasteiger partial charge in [-0.05, 0) is 44.4 Å². The third kappa shape index (κ3) is 2.95. The Bertz CT molecular complexity index is 1120. The number of anilines is 1. The highest BCUT2D eigenvalue weighted by Crippen LogP contribution is 2.30. The molecule has 1 fully saturated rings. The molecule has 5 heteroatoms. The summed E-state index contributed by atoms with van der Waals surface area (Å²) >= 11 is 0. The minimum absolute atomic E-state index is 0.533. The van der Waals surface area contributed by atoms with E-state index in [2.05, 4.69) is 73.9 Å². The van der Waals surface area contributed by atoms with E-state index in [4.69, 9.17) is 0 Å². The Morgan fingerprint density at radius 3 is 2.54 bits per heavy atom. The molecule has 0 spiro atoms. The molecule has 1 saturated carbocycles. The molecule has 0 saturated heterocycles. The van der Waals surface area contributed by atoms with Crippen molar-refractivity contribution in [3.8, 4) is 0 Å². The molecule has 0 bridgehead atoms. The van der Waals surface area contributed by atoms with Crippen molar-refractivity contribution in [2.24, 2.45) is 0 Å². The molecule has 0 unspecified atom stereocenters. The molecule has 5 nitrogen and oxygen atoms in total. The van der Waals surface area contributed by atoms with Crippen LogP contribution < -0.4 is 5.32 Å². The predicted octanol–water partition coefficient (Wildman–Crippen LogP) is 5.09. The lowest BCUT2D eigenvalue weighted by molar-refractivity contribution is 0.463. The largest absolute Gasteiger partial charge is 0.379 e. The van der Waals surface area contributed by atoms with E-state index >= 15 is 0 Å². The molecule has 5 rings (SSSR count). The zero-order valence-electron chi connectivity index (χ0n) is 16.7. The lowest BCUT2D eigenvalue weighted by Crippen LogP contribution is -2.22. The third-order valence-electron chi connectivity index (χ3n) is 6.06. The highest BCUT2D eigenvalue weighted by atomic mass is 15.3. The number of aromatic nitrogens is 4. The normalized spacial score (nSPS) is 15.5. The zero-order valence-corrected chi connectivity index (χ0v) is 16.7. The number of rotatable bonds is 4. The molecule has 0 radical (unpaired) electrons. The summed E-state index contributed by atoms with van der Waals surface area (Å²) in [6.45, 7) is 5.09. The number of pyridine rings is 1. The van der Waals surface area contributed by atoms with Gasteiger partial charge in [0, 0.05) is 18.3 Å². The molecule has 1 aliphatic carbocycles. The second-order valence-electron chi connectivity index (χ2n) is 8.07. The first-order valence-corrected chi connectivity index (χ1v) is 10.4. The van der Waals surface area contributed by atoms with E-state index in [0.717, 1.165) is 23.7 Å². The average molecular weight is 374 g/mol. The van der Waals surface area contributed by atoms with Crippen LogP contribution >= 0.6 is 0 Å². The van der Waals surface area contributed by atoms with E-state index < -0.39 is 0 Å². The molecule has 0 amide bonds. The highest BCUT2D eigenvalue weighted by molar-refractivity contribution is 5.88. The van der Waals surface area contributed by atoms with Gasteiger partial charge in [-0.3, -0.25) is 4.40 Å². The van der Waals surface area contributed by atoms with Gasteiger partial charge in [0.2, 0.25) is 0 Å². The van der Waals surface area contributed by atoms with Crippen molar-refractivity contribution in [3.05, 3.63) is 59.5 Å². The van der Waals surface area contributed by atoms with Gasteiger partial charge < -0.3 is 9.88 Å². The number of nitrogens with zero attached hydrogens (tertiary/aromatic N) is 4. The monoisotopic (exact) mass is 373 g/mol. The molecule has 28 heavy (non-hydrogen) atoms. The molecule has 3 heterocycles. The van der Waals surface area contributed by atoms with Gasteiger partial charge in [-0.2, -0.15) is 0 Å². The molecule has 0 atom stereocenters. The highest BCUT2D eigenvalue weighted by Gasteiger charge is 2.19. The van der Waals surface area contributed by atoms with Crippen LogP contribution in [-0.2, 0) is 6.54 Å². The fraction of sp³-hybridized carbons (Fsp3) is 0.391. The lowest BCUT2D eigenvalue weighted by atomic mass is 9.95. The number of benzene rings is 1. The molecule has 144 valence electrons. The summed E-state index contributed by atoms with van der Waals surface area (Å²) in [4.78, 5) is 0. The number of hydrogen-bond donors (Lipinski definition) is 1. The molecule has 3 aromatic heterocycles. The second kappa shape index (κ2) is 6.97. The Hall–Kier alpha value is -2.82. The van der Waals surface area contributed by atoms with Gasteiger partial charge in [-0.1, -0.05) is 49.6 Å². The Morgan fingerprint density at radius 2 is 1.75 bits per heavy atom. The predicted molar refractivity (Wildman–Crippen MR) is 114 cm³/mol. The summed E-state index contributed by atoms with van der Waals surface area (Å²) in [5.41, 5.74) is 7.02. The smallest absolute Gasteiger partial charge is 0.184 e. The first-order valence-electron chi connectivity index (χ1n) is 10.4. The summed E-state index contributed by atoms with van der Waals surface area (Å²) < 4.78 is 4.60. The van der Waals surface area contributed by atoms with Gasteiger partial charge in [-0.25, -0.2) is 0 Å². The van der Waals surface area contributed by atoms with Gasteiger partial charge in [0.05, 0.1) is 16.7 Å². The van der Waals surface area contributed by atoms with Crippen molar-refractivity contribution in [1.29, 1.82) is 0 Å². The maximum absolute atomic E-state index is 4.50. The van der Waals surface area contributed by atoms with Crippen LogP contribution in [0.3, 0.4) is 0 Å². The maximum atomic E-state index is 4.50. The Labute approximate surface area is 165 Å². The van der Waals surface area contributed by atoms with Gasteiger partial charge in [-0.15, -0.1) is 10.2 Å². The summed E-state index contributed by atoms with van der Waals surface area (Å²) in [6.07, 6.45) is 6.45. The first-order chi connectivity index (χ1) is 13.7. The van der Waals surface area contributed by atoms with Crippen molar-refractivity contribution in [2.75, 3.05) is 5.32 Å². The van der Waals surface area contributed by atoms with Crippen LogP contribution in [0.25, 0.3) is 16.7 Å². The molecule has 1 aliphatic rings. The summed E-state index contributed by atoms with van der Waals surface area (Å²) in [5.74, 6) is 0.934. The summed E-state index contributed by atoms with van der Waals surface area (Å²) in [7, 11) is 0. The fourth-order valence-corrected chi connectivity index (χ4v) is 4.58. The van der Waals surface area contributed by atoms with E-state index in [1.807, 2.05) is 6.92 Å². The number of aryl methyl sites for hydroxylation is 2. The van der Waals surface area contributed by atoms with E-state index in [1.165, 1.54) is 54.4 Å². The van der Waals surface area contributed by atoms with Crippen LogP contribution in [0.1, 0.15) is 49.2 Å². The standard InChI is InChI=1S/C23H27N5/c1-16-13-22-21(27(16)15-18-9-5-3-6-10-18)14-20(23-26-25-17(2)28(22)23)24-19-11-7-4-8-12-19/h3,5-6,9-10,13-14,19,24H,4,7-8,11-12,15H2,1-2H3. The molecule has 4 aromatic rings. The minimum atomic E-state index is 0.533. The Kier molecular flexibility index (Phi) is 4.30. The number of hydrogen-bond acceptors (Lipinski definition) is 3. The van der Waals surface area contributed by atoms with Crippen LogP contribution in [0, 0.1) is 13.8 Å². The van der Waals surface area contributed by atoms with Gasteiger partial charge in [0.25, 0.3) is 0 Å². The Morgan fingerprint density at radius 1 is 0.964 bits per heavy atom. The minimum Gasteiger partial charge on any atom is -0.379 e. The Balaban J connectivity index is 1.65. The van der Waals surface area contributed by atoms with Crippen LogP contribution in [0.15, 0.2) is 42.5 Å². The van der Waals surface area contributed by atoms with E-state index in [1.54, 1.807) is 0 Å². The van der Waals surface area contributed by atoms with Crippen molar-refractivity contribution in [1.82, 2.24) is 19.2 Å². The van der Waals surface area contributed by atoms with Crippen molar-refractivity contribution in [2.45, 2.75) is 58.5 Å².